The number of aliphatic hydroxyl groups is 1. The molecule has 2 atom stereocenters. The van der Waals surface area contributed by atoms with E-state index in [9.17, 15) is 9.59 Å². The van der Waals surface area contributed by atoms with Crippen molar-refractivity contribution < 1.29 is 19.8 Å². The van der Waals surface area contributed by atoms with Gasteiger partial charge in [0.15, 0.2) is 6.04 Å². The molecular formula is C11H13NO4S. The Bertz CT molecular complexity index is 411. The van der Waals surface area contributed by atoms with Crippen molar-refractivity contribution >= 4 is 29.3 Å². The van der Waals surface area contributed by atoms with Crippen LogP contribution >= 0.6 is 11.3 Å². The highest BCUT2D eigenvalue weighted by Crippen LogP contribution is 2.09. The molecule has 92 valence electrons. The van der Waals surface area contributed by atoms with Crippen LogP contribution in [0.3, 0.4) is 0 Å². The Labute approximate surface area is 102 Å². The first kappa shape index (κ1) is 13.4. The fourth-order valence-electron chi connectivity index (χ4n) is 1.13. The molecule has 1 rings (SSSR count). The van der Waals surface area contributed by atoms with E-state index >= 15 is 0 Å². The van der Waals surface area contributed by atoms with Gasteiger partial charge in [0.1, 0.15) is 0 Å². The van der Waals surface area contributed by atoms with Gasteiger partial charge >= 0.3 is 5.97 Å². The number of rotatable bonds is 5. The van der Waals surface area contributed by atoms with E-state index in [1.54, 1.807) is 6.08 Å². The molecule has 1 heterocycles. The third kappa shape index (κ3) is 4.38. The predicted molar refractivity (Wildman–Crippen MR) is 64.6 cm³/mol. The summed E-state index contributed by atoms with van der Waals surface area (Å²) >= 11 is 1.46. The lowest BCUT2D eigenvalue weighted by Crippen LogP contribution is -2.47. The molecule has 0 fully saturated rings. The summed E-state index contributed by atoms with van der Waals surface area (Å²) in [6.45, 7) is 1.31. The van der Waals surface area contributed by atoms with Gasteiger partial charge in [-0.2, -0.15) is 0 Å². The highest BCUT2D eigenvalue weighted by Gasteiger charge is 2.23. The van der Waals surface area contributed by atoms with Gasteiger partial charge < -0.3 is 15.5 Å². The molecule has 17 heavy (non-hydrogen) atoms. The lowest BCUT2D eigenvalue weighted by Gasteiger charge is -2.15. The molecule has 3 N–H and O–H groups in total. The largest absolute Gasteiger partial charge is 0.480 e. The number of aliphatic hydroxyl groups excluding tert-OH is 1. The van der Waals surface area contributed by atoms with Crippen LogP contribution in [0.4, 0.5) is 0 Å². The normalized spacial score (nSPS) is 14.5. The Morgan fingerprint density at radius 1 is 1.53 bits per heavy atom. The molecule has 0 aliphatic heterocycles. The van der Waals surface area contributed by atoms with Crippen molar-refractivity contribution in [2.45, 2.75) is 19.1 Å². The fraction of sp³-hybridized carbons (Fsp3) is 0.273. The van der Waals surface area contributed by atoms with Gasteiger partial charge in [-0.15, -0.1) is 11.3 Å². The Hall–Kier alpha value is -1.66. The molecule has 0 aromatic carbocycles. The van der Waals surface area contributed by atoms with Crippen LogP contribution < -0.4 is 5.32 Å². The lowest BCUT2D eigenvalue weighted by atomic mass is 10.2. The number of nitrogens with one attached hydrogen (secondary N) is 1. The minimum atomic E-state index is -1.30. The Morgan fingerprint density at radius 3 is 2.71 bits per heavy atom. The average Bonchev–Trinajstić information content (AvgIpc) is 2.74. The molecule has 1 amide bonds. The summed E-state index contributed by atoms with van der Waals surface area (Å²) in [7, 11) is 0. The number of thiophene rings is 1. The molecule has 1 aromatic rings. The van der Waals surface area contributed by atoms with Gasteiger partial charge in [0.05, 0.1) is 6.10 Å². The number of hydrogen-bond donors (Lipinski definition) is 3. The topological polar surface area (TPSA) is 86.6 Å². The number of hydrogen-bond acceptors (Lipinski definition) is 4. The average molecular weight is 255 g/mol. The molecule has 0 saturated carbocycles. The van der Waals surface area contributed by atoms with E-state index in [1.807, 2.05) is 17.5 Å². The molecule has 0 radical (unpaired) electrons. The van der Waals surface area contributed by atoms with Gasteiger partial charge in [0, 0.05) is 11.0 Å². The molecule has 0 aliphatic carbocycles. The van der Waals surface area contributed by atoms with E-state index < -0.39 is 24.0 Å². The van der Waals surface area contributed by atoms with Gasteiger partial charge in [-0.05, 0) is 24.4 Å². The summed E-state index contributed by atoms with van der Waals surface area (Å²) in [5, 5.41) is 22.0. The number of carboxylic acid groups (broad SMARTS) is 1. The molecule has 2 unspecified atom stereocenters. The molecule has 5 nitrogen and oxygen atoms in total. The van der Waals surface area contributed by atoms with Crippen LogP contribution in [0.15, 0.2) is 23.6 Å². The predicted octanol–water partition coefficient (Wildman–Crippen LogP) is 0.712. The SMILES string of the molecule is CC(O)C(NC(=O)/C=C/c1cccs1)C(=O)O. The van der Waals surface area contributed by atoms with Crippen molar-refractivity contribution in [3.8, 4) is 0 Å². The summed E-state index contributed by atoms with van der Waals surface area (Å²) in [6, 6.07) is 2.38. The van der Waals surface area contributed by atoms with Crippen LogP contribution in [0.25, 0.3) is 6.08 Å². The minimum absolute atomic E-state index is 0.549. The number of amides is 1. The van der Waals surface area contributed by atoms with Crippen molar-refractivity contribution in [2.75, 3.05) is 0 Å². The van der Waals surface area contributed by atoms with Crippen LogP contribution in [0.2, 0.25) is 0 Å². The third-order valence-electron chi connectivity index (χ3n) is 1.99. The van der Waals surface area contributed by atoms with E-state index in [0.29, 0.717) is 0 Å². The summed E-state index contributed by atoms with van der Waals surface area (Å²) < 4.78 is 0. The third-order valence-corrected chi connectivity index (χ3v) is 2.83. The van der Waals surface area contributed by atoms with E-state index in [1.165, 1.54) is 24.3 Å². The van der Waals surface area contributed by atoms with Gasteiger partial charge in [-0.25, -0.2) is 4.79 Å². The Morgan fingerprint density at radius 2 is 2.24 bits per heavy atom. The van der Waals surface area contributed by atoms with Crippen LogP contribution in [-0.2, 0) is 9.59 Å². The molecule has 0 saturated heterocycles. The van der Waals surface area contributed by atoms with Gasteiger partial charge in [-0.1, -0.05) is 6.07 Å². The number of aliphatic carboxylic acids is 1. The first-order valence-corrected chi connectivity index (χ1v) is 5.81. The van der Waals surface area contributed by atoms with Crippen molar-refractivity contribution in [3.63, 3.8) is 0 Å². The molecule has 0 spiro atoms. The van der Waals surface area contributed by atoms with Crippen LogP contribution in [-0.4, -0.2) is 34.2 Å². The zero-order valence-corrected chi connectivity index (χ0v) is 9.98. The maximum atomic E-state index is 11.4. The highest BCUT2D eigenvalue weighted by atomic mass is 32.1. The molecule has 0 aliphatic rings. The summed E-state index contributed by atoms with van der Waals surface area (Å²) in [4.78, 5) is 23.0. The minimum Gasteiger partial charge on any atom is -0.480 e. The van der Waals surface area contributed by atoms with E-state index in [-0.39, 0.29) is 0 Å². The second-order valence-corrected chi connectivity index (χ2v) is 4.39. The van der Waals surface area contributed by atoms with Gasteiger partial charge in [-0.3, -0.25) is 4.79 Å². The van der Waals surface area contributed by atoms with Crippen LogP contribution in [0.5, 0.6) is 0 Å². The maximum absolute atomic E-state index is 11.4. The fourth-order valence-corrected chi connectivity index (χ4v) is 1.75. The second-order valence-electron chi connectivity index (χ2n) is 3.41. The molecule has 1 aromatic heterocycles. The number of carbonyl (C=O) groups is 2. The van der Waals surface area contributed by atoms with Crippen molar-refractivity contribution in [1.29, 1.82) is 0 Å². The van der Waals surface area contributed by atoms with Crippen molar-refractivity contribution in [3.05, 3.63) is 28.5 Å². The Kier molecular flexibility index (Phi) is 4.86. The zero-order valence-electron chi connectivity index (χ0n) is 9.16. The summed E-state index contributed by atoms with van der Waals surface area (Å²) in [6.07, 6.45) is 1.68. The van der Waals surface area contributed by atoms with E-state index in [4.69, 9.17) is 10.2 Å². The summed E-state index contributed by atoms with van der Waals surface area (Å²) in [5.74, 6) is -1.82. The van der Waals surface area contributed by atoms with Crippen molar-refractivity contribution in [2.24, 2.45) is 0 Å². The molecule has 6 heteroatoms. The molecule has 0 bridgehead atoms. The lowest BCUT2D eigenvalue weighted by molar-refractivity contribution is -0.144. The summed E-state index contributed by atoms with van der Waals surface area (Å²) in [5.41, 5.74) is 0. The Balaban J connectivity index is 2.56. The van der Waals surface area contributed by atoms with E-state index in [2.05, 4.69) is 5.32 Å². The zero-order chi connectivity index (χ0) is 12.8. The number of carbonyl (C=O) groups excluding carboxylic acids is 1. The second kappa shape index (κ2) is 6.17. The standard InChI is InChI=1S/C11H13NO4S/c1-7(13)10(11(15)16)12-9(14)5-4-8-3-2-6-17-8/h2-7,10,13H,1H3,(H,12,14)(H,15,16)/b5-4+. The van der Waals surface area contributed by atoms with E-state index in [0.717, 1.165) is 4.88 Å². The highest BCUT2D eigenvalue weighted by molar-refractivity contribution is 7.10. The number of carboxylic acids is 1. The van der Waals surface area contributed by atoms with Crippen LogP contribution in [0, 0.1) is 0 Å². The monoisotopic (exact) mass is 255 g/mol. The van der Waals surface area contributed by atoms with Crippen molar-refractivity contribution in [1.82, 2.24) is 5.32 Å². The quantitative estimate of drug-likeness (QED) is 0.676. The first-order chi connectivity index (χ1) is 8.00. The van der Waals surface area contributed by atoms with Gasteiger partial charge in [0.25, 0.3) is 0 Å². The smallest absolute Gasteiger partial charge is 0.328 e. The van der Waals surface area contributed by atoms with Gasteiger partial charge in [0.2, 0.25) is 5.91 Å². The van der Waals surface area contributed by atoms with Crippen LogP contribution in [0.1, 0.15) is 11.8 Å². The maximum Gasteiger partial charge on any atom is 0.328 e. The molecular weight excluding hydrogens is 242 g/mol. The first-order valence-electron chi connectivity index (χ1n) is 4.93.